The molecule has 0 aliphatic carbocycles. The number of nitrogens with one attached hydrogen (secondary N) is 1. The fourth-order valence-electron chi connectivity index (χ4n) is 2.07. The molecule has 1 heterocycles. The lowest BCUT2D eigenvalue weighted by atomic mass is 10.1. The van der Waals surface area contributed by atoms with Crippen LogP contribution < -0.4 is 14.8 Å². The van der Waals surface area contributed by atoms with Gasteiger partial charge in [-0.2, -0.15) is 0 Å². The van der Waals surface area contributed by atoms with Crippen molar-refractivity contribution in [1.82, 2.24) is 4.98 Å². The van der Waals surface area contributed by atoms with Crippen molar-refractivity contribution in [3.8, 4) is 11.5 Å². The molecule has 2 aromatic rings. The third-order valence-corrected chi connectivity index (χ3v) is 3.08. The van der Waals surface area contributed by atoms with Gasteiger partial charge in [0, 0.05) is 11.9 Å². The van der Waals surface area contributed by atoms with E-state index in [0.29, 0.717) is 0 Å². The highest BCUT2D eigenvalue weighted by molar-refractivity contribution is 5.92. The minimum absolute atomic E-state index is 0.760. The monoisotopic (exact) mass is 260 g/mol. The summed E-state index contributed by atoms with van der Waals surface area (Å²) in [7, 11) is 3.32. The van der Waals surface area contributed by atoms with Crippen molar-refractivity contribution in [2.75, 3.05) is 26.1 Å². The summed E-state index contributed by atoms with van der Waals surface area (Å²) in [4.78, 5) is 4.68. The normalized spacial score (nSPS) is 10.5. The molecule has 0 aliphatic rings. The number of hydrogen-bond acceptors (Lipinski definition) is 4. The van der Waals surface area contributed by atoms with Gasteiger partial charge < -0.3 is 14.8 Å². The van der Waals surface area contributed by atoms with Crippen molar-refractivity contribution < 1.29 is 9.47 Å². The van der Waals surface area contributed by atoms with Crippen LogP contribution in [0.25, 0.3) is 10.9 Å². The number of aryl methyl sites for hydroxylation is 1. The van der Waals surface area contributed by atoms with E-state index in [-0.39, 0.29) is 0 Å². The Morgan fingerprint density at radius 1 is 1.16 bits per heavy atom. The Balaban J connectivity index is 2.61. The van der Waals surface area contributed by atoms with Gasteiger partial charge in [0.25, 0.3) is 0 Å². The van der Waals surface area contributed by atoms with Crippen LogP contribution >= 0.6 is 0 Å². The Bertz CT molecular complexity index is 582. The van der Waals surface area contributed by atoms with Crippen LogP contribution in [0.2, 0.25) is 0 Å². The Morgan fingerprint density at radius 3 is 2.47 bits per heavy atom. The van der Waals surface area contributed by atoms with E-state index in [0.717, 1.165) is 46.7 Å². The summed E-state index contributed by atoms with van der Waals surface area (Å²) < 4.78 is 10.8. The molecule has 0 atom stereocenters. The van der Waals surface area contributed by atoms with Gasteiger partial charge in [-0.3, -0.25) is 0 Å². The number of pyridine rings is 1. The molecule has 0 aliphatic heterocycles. The van der Waals surface area contributed by atoms with Crippen LogP contribution in [-0.2, 0) is 0 Å². The van der Waals surface area contributed by atoms with Crippen LogP contribution in [-0.4, -0.2) is 25.7 Å². The number of fused-ring (bicyclic) bond motifs is 1. The van der Waals surface area contributed by atoms with Gasteiger partial charge in [-0.1, -0.05) is 6.92 Å². The summed E-state index contributed by atoms with van der Waals surface area (Å²) in [6, 6.07) is 5.87. The maximum Gasteiger partial charge on any atom is 0.145 e. The summed E-state index contributed by atoms with van der Waals surface area (Å²) in [5.41, 5.74) is 1.93. The molecule has 0 fully saturated rings. The number of rotatable bonds is 5. The first-order valence-corrected chi connectivity index (χ1v) is 6.47. The van der Waals surface area contributed by atoms with Crippen LogP contribution in [0.4, 0.5) is 5.82 Å². The number of anilines is 1. The second-order valence-corrected chi connectivity index (χ2v) is 4.45. The second-order valence-electron chi connectivity index (χ2n) is 4.45. The lowest BCUT2D eigenvalue weighted by Crippen LogP contribution is -2.04. The van der Waals surface area contributed by atoms with Crippen LogP contribution in [0.1, 0.15) is 18.9 Å². The number of aromatic nitrogens is 1. The summed E-state index contributed by atoms with van der Waals surface area (Å²) in [6.45, 7) is 5.09. The van der Waals surface area contributed by atoms with Gasteiger partial charge in [0.15, 0.2) is 0 Å². The predicted molar refractivity (Wildman–Crippen MR) is 78.4 cm³/mol. The van der Waals surface area contributed by atoms with Gasteiger partial charge in [0.2, 0.25) is 0 Å². The average Bonchev–Trinajstić information content (AvgIpc) is 2.44. The van der Waals surface area contributed by atoms with Crippen LogP contribution in [0.5, 0.6) is 11.5 Å². The number of benzene rings is 1. The van der Waals surface area contributed by atoms with Gasteiger partial charge >= 0.3 is 0 Å². The first-order valence-electron chi connectivity index (χ1n) is 6.47. The highest BCUT2D eigenvalue weighted by Gasteiger charge is 2.11. The third-order valence-electron chi connectivity index (χ3n) is 3.08. The minimum atomic E-state index is 0.760. The van der Waals surface area contributed by atoms with E-state index in [2.05, 4.69) is 23.3 Å². The maximum absolute atomic E-state index is 5.39. The summed E-state index contributed by atoms with van der Waals surface area (Å²) >= 11 is 0. The van der Waals surface area contributed by atoms with Gasteiger partial charge in [-0.25, -0.2) is 4.98 Å². The van der Waals surface area contributed by atoms with Gasteiger partial charge in [-0.15, -0.1) is 0 Å². The fourth-order valence-corrected chi connectivity index (χ4v) is 2.07. The van der Waals surface area contributed by atoms with E-state index < -0.39 is 0 Å². The van der Waals surface area contributed by atoms with Crippen LogP contribution in [0, 0.1) is 6.92 Å². The van der Waals surface area contributed by atoms with E-state index in [1.807, 2.05) is 19.1 Å². The summed E-state index contributed by atoms with van der Waals surface area (Å²) in [6.07, 6.45) is 1.06. The topological polar surface area (TPSA) is 43.4 Å². The van der Waals surface area contributed by atoms with Crippen molar-refractivity contribution in [2.24, 2.45) is 0 Å². The molecule has 0 radical (unpaired) electrons. The van der Waals surface area contributed by atoms with Gasteiger partial charge in [-0.05, 0) is 37.1 Å². The molecule has 0 bridgehead atoms. The van der Waals surface area contributed by atoms with E-state index >= 15 is 0 Å². The molecular formula is C15H20N2O2. The van der Waals surface area contributed by atoms with Crippen LogP contribution in [0.3, 0.4) is 0 Å². The summed E-state index contributed by atoms with van der Waals surface area (Å²) in [5, 5.41) is 4.31. The van der Waals surface area contributed by atoms with E-state index in [4.69, 9.17) is 9.47 Å². The Labute approximate surface area is 113 Å². The van der Waals surface area contributed by atoms with Crippen molar-refractivity contribution in [3.05, 3.63) is 23.8 Å². The molecule has 4 nitrogen and oxygen atoms in total. The number of methoxy groups -OCH3 is 2. The third kappa shape index (κ3) is 2.57. The zero-order valence-electron chi connectivity index (χ0n) is 11.9. The van der Waals surface area contributed by atoms with E-state index in [1.165, 1.54) is 0 Å². The van der Waals surface area contributed by atoms with E-state index in [9.17, 15) is 0 Å². The van der Waals surface area contributed by atoms with Crippen molar-refractivity contribution >= 4 is 16.7 Å². The van der Waals surface area contributed by atoms with Crippen molar-refractivity contribution in [1.29, 1.82) is 0 Å². The molecule has 0 saturated heterocycles. The van der Waals surface area contributed by atoms with E-state index in [1.54, 1.807) is 14.2 Å². The molecule has 0 unspecified atom stereocenters. The molecule has 0 amide bonds. The number of hydrogen-bond donors (Lipinski definition) is 1. The standard InChI is InChI=1S/C15H20N2O2/c1-5-8-16-15-10(2)9-11-12(18-3)6-7-13(19-4)14(11)17-15/h6-7,9H,5,8H2,1-4H3,(H,16,17). The number of ether oxygens (including phenoxy) is 2. The highest BCUT2D eigenvalue weighted by atomic mass is 16.5. The lowest BCUT2D eigenvalue weighted by Gasteiger charge is -2.13. The SMILES string of the molecule is CCCNc1nc2c(OC)ccc(OC)c2cc1C. The summed E-state index contributed by atoms with van der Waals surface area (Å²) in [5.74, 6) is 2.48. The Kier molecular flexibility index (Phi) is 4.10. The van der Waals surface area contributed by atoms with Crippen molar-refractivity contribution in [2.45, 2.75) is 20.3 Å². The lowest BCUT2D eigenvalue weighted by molar-refractivity contribution is 0.410. The molecule has 2 rings (SSSR count). The molecule has 102 valence electrons. The van der Waals surface area contributed by atoms with Crippen molar-refractivity contribution in [3.63, 3.8) is 0 Å². The van der Waals surface area contributed by atoms with Gasteiger partial charge in [0.05, 0.1) is 14.2 Å². The second kappa shape index (κ2) is 5.78. The molecule has 19 heavy (non-hydrogen) atoms. The molecule has 0 saturated carbocycles. The zero-order chi connectivity index (χ0) is 13.8. The largest absolute Gasteiger partial charge is 0.496 e. The van der Waals surface area contributed by atoms with Crippen LogP contribution in [0.15, 0.2) is 18.2 Å². The highest BCUT2D eigenvalue weighted by Crippen LogP contribution is 2.34. The maximum atomic E-state index is 5.39. The van der Waals surface area contributed by atoms with Gasteiger partial charge in [0.1, 0.15) is 22.8 Å². The average molecular weight is 260 g/mol. The minimum Gasteiger partial charge on any atom is -0.496 e. The molecule has 4 heteroatoms. The predicted octanol–water partition coefficient (Wildman–Crippen LogP) is 3.38. The quantitative estimate of drug-likeness (QED) is 0.895. The first-order chi connectivity index (χ1) is 9.21. The Morgan fingerprint density at radius 2 is 1.84 bits per heavy atom. The zero-order valence-corrected chi connectivity index (χ0v) is 11.9. The molecule has 1 aromatic carbocycles. The molecule has 0 spiro atoms. The smallest absolute Gasteiger partial charge is 0.145 e. The Hall–Kier alpha value is -1.97. The molecule has 1 aromatic heterocycles. The first kappa shape index (κ1) is 13.5. The molecule has 1 N–H and O–H groups in total. The fraction of sp³-hybridized carbons (Fsp3) is 0.400. The molecular weight excluding hydrogens is 240 g/mol. The number of nitrogens with zero attached hydrogens (tertiary/aromatic N) is 1.